The number of likely N-dealkylation sites (tertiary alicyclic amines) is 1. The zero-order valence-electron chi connectivity index (χ0n) is 11.0. The Balaban J connectivity index is 2.16. The molecule has 1 saturated heterocycles. The molecule has 0 spiro atoms. The van der Waals surface area contributed by atoms with Crippen LogP contribution in [0.1, 0.15) is 49.2 Å². The number of thiophene rings is 1. The Hall–Kier alpha value is -0.540. The smallest absolute Gasteiger partial charge is 0.264 e. The summed E-state index contributed by atoms with van der Waals surface area (Å²) in [7, 11) is 0. The summed E-state index contributed by atoms with van der Waals surface area (Å²) < 4.78 is 0.690. The summed E-state index contributed by atoms with van der Waals surface area (Å²) in [4.78, 5) is 15.4. The molecule has 0 aromatic carbocycles. The minimum absolute atomic E-state index is 0.164. The van der Waals surface area contributed by atoms with E-state index in [2.05, 4.69) is 18.7 Å². The molecule has 100 valence electrons. The van der Waals surface area contributed by atoms with Crippen LogP contribution in [0.5, 0.6) is 0 Å². The molecule has 2 rings (SSSR count). The second-order valence-corrected chi connectivity index (χ2v) is 6.79. The van der Waals surface area contributed by atoms with Crippen LogP contribution in [0.3, 0.4) is 0 Å². The van der Waals surface area contributed by atoms with Crippen molar-refractivity contribution in [3.8, 4) is 0 Å². The van der Waals surface area contributed by atoms with Crippen molar-refractivity contribution in [1.82, 2.24) is 4.90 Å². The summed E-state index contributed by atoms with van der Waals surface area (Å²) in [6, 6.07) is 4.05. The van der Waals surface area contributed by atoms with Gasteiger partial charge in [0.1, 0.15) is 0 Å². The number of carbonyl (C=O) groups excluding carboxylic acids is 1. The lowest BCUT2D eigenvalue weighted by molar-refractivity contribution is 0.0502. The first-order valence-corrected chi connectivity index (χ1v) is 7.89. The fourth-order valence-corrected chi connectivity index (χ4v) is 3.81. The van der Waals surface area contributed by atoms with Crippen LogP contribution < -0.4 is 0 Å². The highest BCUT2D eigenvalue weighted by Gasteiger charge is 2.32. The molecule has 1 fully saturated rings. The van der Waals surface area contributed by atoms with E-state index in [1.807, 2.05) is 12.1 Å². The van der Waals surface area contributed by atoms with Crippen molar-refractivity contribution in [1.29, 1.82) is 0 Å². The quantitative estimate of drug-likeness (QED) is 0.804. The van der Waals surface area contributed by atoms with Gasteiger partial charge in [-0.3, -0.25) is 4.79 Å². The lowest BCUT2D eigenvalue weighted by Gasteiger charge is -2.40. The first kappa shape index (κ1) is 13.9. The Labute approximate surface area is 118 Å². The fraction of sp³-hybridized carbons (Fsp3) is 0.643. The highest BCUT2D eigenvalue weighted by atomic mass is 35.5. The van der Waals surface area contributed by atoms with Gasteiger partial charge in [-0.15, -0.1) is 11.3 Å². The average Bonchev–Trinajstić information content (AvgIpc) is 2.78. The van der Waals surface area contributed by atoms with E-state index in [1.54, 1.807) is 0 Å². The van der Waals surface area contributed by atoms with E-state index in [4.69, 9.17) is 11.6 Å². The number of amides is 1. The van der Waals surface area contributed by atoms with E-state index in [1.165, 1.54) is 17.8 Å². The molecule has 4 heteroatoms. The van der Waals surface area contributed by atoms with Crippen LogP contribution in [0.25, 0.3) is 0 Å². The van der Waals surface area contributed by atoms with Crippen molar-refractivity contribution in [2.24, 2.45) is 5.92 Å². The highest BCUT2D eigenvalue weighted by molar-refractivity contribution is 7.17. The summed E-state index contributed by atoms with van der Waals surface area (Å²) in [5, 5.41) is 0. The summed E-state index contributed by atoms with van der Waals surface area (Å²) in [6.45, 7) is 5.34. The van der Waals surface area contributed by atoms with Gasteiger partial charge in [0.15, 0.2) is 0 Å². The Kier molecular flexibility index (Phi) is 4.68. The van der Waals surface area contributed by atoms with Crippen LogP contribution >= 0.6 is 22.9 Å². The predicted octanol–water partition coefficient (Wildman–Crippen LogP) is 4.44. The molecule has 2 heterocycles. The molecular formula is C14H20ClNOS. The topological polar surface area (TPSA) is 20.3 Å². The van der Waals surface area contributed by atoms with Crippen LogP contribution in [-0.4, -0.2) is 23.4 Å². The molecule has 2 unspecified atom stereocenters. The van der Waals surface area contributed by atoms with E-state index < -0.39 is 0 Å². The number of nitrogens with zero attached hydrogens (tertiary/aromatic N) is 1. The summed E-state index contributed by atoms with van der Waals surface area (Å²) in [5.41, 5.74) is 0. The van der Waals surface area contributed by atoms with E-state index in [-0.39, 0.29) is 5.91 Å². The third-order valence-electron chi connectivity index (χ3n) is 3.74. The SMILES string of the molecule is CCCC1C(C)CCCN1C(=O)c1ccc(Cl)s1. The number of rotatable bonds is 3. The van der Waals surface area contributed by atoms with Gasteiger partial charge in [0.25, 0.3) is 5.91 Å². The summed E-state index contributed by atoms with van der Waals surface area (Å²) in [6.07, 6.45) is 4.59. The Morgan fingerprint density at radius 3 is 2.94 bits per heavy atom. The fourth-order valence-electron chi connectivity index (χ4n) is 2.81. The molecule has 2 atom stereocenters. The van der Waals surface area contributed by atoms with Gasteiger partial charge < -0.3 is 4.90 Å². The average molecular weight is 286 g/mol. The van der Waals surface area contributed by atoms with Crippen molar-refractivity contribution >= 4 is 28.8 Å². The molecule has 1 aliphatic rings. The van der Waals surface area contributed by atoms with Crippen LogP contribution in [-0.2, 0) is 0 Å². The molecule has 1 aliphatic heterocycles. The normalized spacial score (nSPS) is 24.3. The number of halogens is 1. The maximum atomic E-state index is 12.5. The van der Waals surface area contributed by atoms with E-state index in [0.717, 1.165) is 30.7 Å². The maximum absolute atomic E-state index is 12.5. The number of carbonyl (C=O) groups is 1. The highest BCUT2D eigenvalue weighted by Crippen LogP contribution is 2.30. The lowest BCUT2D eigenvalue weighted by Crippen LogP contribution is -2.47. The zero-order chi connectivity index (χ0) is 13.1. The second-order valence-electron chi connectivity index (χ2n) is 5.08. The summed E-state index contributed by atoms with van der Waals surface area (Å²) >= 11 is 7.30. The first-order chi connectivity index (χ1) is 8.63. The van der Waals surface area contributed by atoms with Gasteiger partial charge in [-0.05, 0) is 37.3 Å². The molecule has 1 aromatic heterocycles. The number of hydrogen-bond acceptors (Lipinski definition) is 2. The number of piperidine rings is 1. The van der Waals surface area contributed by atoms with Crippen LogP contribution in [0.2, 0.25) is 4.34 Å². The van der Waals surface area contributed by atoms with Gasteiger partial charge in [-0.1, -0.05) is 31.9 Å². The van der Waals surface area contributed by atoms with E-state index >= 15 is 0 Å². The standard InChI is InChI=1S/C14H20ClNOS/c1-3-5-11-10(2)6-4-9-16(11)14(17)12-7-8-13(15)18-12/h7-8,10-11H,3-6,9H2,1-2H3. The van der Waals surface area contributed by atoms with Crippen LogP contribution in [0.4, 0.5) is 0 Å². The molecule has 0 radical (unpaired) electrons. The molecule has 0 bridgehead atoms. The first-order valence-electron chi connectivity index (χ1n) is 6.69. The van der Waals surface area contributed by atoms with Crippen molar-refractivity contribution in [2.45, 2.75) is 45.6 Å². The zero-order valence-corrected chi connectivity index (χ0v) is 12.6. The van der Waals surface area contributed by atoms with Crippen molar-refractivity contribution < 1.29 is 4.79 Å². The second kappa shape index (κ2) is 6.07. The molecule has 18 heavy (non-hydrogen) atoms. The molecule has 2 nitrogen and oxygen atoms in total. The van der Waals surface area contributed by atoms with Crippen LogP contribution in [0.15, 0.2) is 12.1 Å². The van der Waals surface area contributed by atoms with Gasteiger partial charge in [0.2, 0.25) is 0 Å². The lowest BCUT2D eigenvalue weighted by atomic mass is 9.88. The van der Waals surface area contributed by atoms with Crippen molar-refractivity contribution in [3.63, 3.8) is 0 Å². The molecule has 0 aliphatic carbocycles. The van der Waals surface area contributed by atoms with Crippen molar-refractivity contribution in [2.75, 3.05) is 6.54 Å². The largest absolute Gasteiger partial charge is 0.335 e. The Bertz CT molecular complexity index is 418. The Morgan fingerprint density at radius 1 is 1.56 bits per heavy atom. The van der Waals surface area contributed by atoms with Gasteiger partial charge in [-0.2, -0.15) is 0 Å². The molecular weight excluding hydrogens is 266 g/mol. The van der Waals surface area contributed by atoms with E-state index in [9.17, 15) is 4.79 Å². The minimum atomic E-state index is 0.164. The summed E-state index contributed by atoms with van der Waals surface area (Å²) in [5.74, 6) is 0.773. The van der Waals surface area contributed by atoms with Gasteiger partial charge in [0, 0.05) is 12.6 Å². The number of hydrogen-bond donors (Lipinski definition) is 0. The third kappa shape index (κ3) is 2.89. The van der Waals surface area contributed by atoms with Crippen LogP contribution in [0, 0.1) is 5.92 Å². The van der Waals surface area contributed by atoms with E-state index in [0.29, 0.717) is 16.3 Å². The van der Waals surface area contributed by atoms with Gasteiger partial charge in [-0.25, -0.2) is 0 Å². The monoisotopic (exact) mass is 285 g/mol. The maximum Gasteiger partial charge on any atom is 0.264 e. The third-order valence-corrected chi connectivity index (χ3v) is 4.96. The Morgan fingerprint density at radius 2 is 2.33 bits per heavy atom. The molecule has 1 aromatic rings. The minimum Gasteiger partial charge on any atom is -0.335 e. The molecule has 0 saturated carbocycles. The molecule has 1 amide bonds. The van der Waals surface area contributed by atoms with Gasteiger partial charge in [0.05, 0.1) is 9.21 Å². The molecule has 0 N–H and O–H groups in total. The van der Waals surface area contributed by atoms with Gasteiger partial charge >= 0.3 is 0 Å². The predicted molar refractivity (Wildman–Crippen MR) is 77.5 cm³/mol. The van der Waals surface area contributed by atoms with Crippen molar-refractivity contribution in [3.05, 3.63) is 21.3 Å².